The van der Waals surface area contributed by atoms with Gasteiger partial charge in [0.1, 0.15) is 5.82 Å². The molecule has 0 aliphatic carbocycles. The Labute approximate surface area is 189 Å². The van der Waals surface area contributed by atoms with Crippen LogP contribution in [0.25, 0.3) is 0 Å². The molecule has 2 aliphatic rings. The standard InChI is InChI=1S/C21H20F6N4O3/c1-34-19(33)17-18-15-3-2-11(8-30(18)20(29-17)21(25,26)27)31(15)16(32)6-10(28)4-9-5-13(23)14(24)7-12(9)22/h5,7,10-11,15H,2-4,6,8,28H2,1H3/t10-,11+,15+/m1/s1. The van der Waals surface area contributed by atoms with Gasteiger partial charge >= 0.3 is 12.1 Å². The highest BCUT2D eigenvalue weighted by Gasteiger charge is 2.50. The normalized spacial score (nSPS) is 20.3. The topological polar surface area (TPSA) is 90.5 Å². The Morgan fingerprint density at radius 1 is 1.18 bits per heavy atom. The van der Waals surface area contributed by atoms with Crippen LogP contribution in [-0.4, -0.2) is 45.5 Å². The van der Waals surface area contributed by atoms with Crippen molar-refractivity contribution in [3.63, 3.8) is 0 Å². The molecule has 2 N–H and O–H groups in total. The molecule has 2 aromatic rings. The van der Waals surface area contributed by atoms with E-state index in [0.717, 1.165) is 11.7 Å². The van der Waals surface area contributed by atoms with Crippen LogP contribution < -0.4 is 5.73 Å². The third kappa shape index (κ3) is 4.12. The van der Waals surface area contributed by atoms with E-state index in [1.807, 2.05) is 0 Å². The molecule has 1 saturated heterocycles. The van der Waals surface area contributed by atoms with Crippen LogP contribution in [0, 0.1) is 17.5 Å². The second-order valence-corrected chi connectivity index (χ2v) is 8.34. The number of hydrogen-bond acceptors (Lipinski definition) is 5. The van der Waals surface area contributed by atoms with E-state index in [2.05, 4.69) is 9.72 Å². The monoisotopic (exact) mass is 490 g/mol. The maximum atomic E-state index is 13.9. The number of amides is 1. The summed E-state index contributed by atoms with van der Waals surface area (Å²) in [6.07, 6.45) is -4.70. The molecule has 0 unspecified atom stereocenters. The summed E-state index contributed by atoms with van der Waals surface area (Å²) in [5, 5.41) is 0. The van der Waals surface area contributed by atoms with E-state index >= 15 is 0 Å². The molecule has 1 amide bonds. The van der Waals surface area contributed by atoms with Crippen LogP contribution >= 0.6 is 0 Å². The Hall–Kier alpha value is -3.09. The molecule has 0 spiro atoms. The van der Waals surface area contributed by atoms with E-state index < -0.39 is 65.1 Å². The molecule has 1 aromatic heterocycles. The van der Waals surface area contributed by atoms with E-state index in [1.165, 1.54) is 4.90 Å². The molecule has 2 bridgehead atoms. The van der Waals surface area contributed by atoms with Crippen LogP contribution in [0.15, 0.2) is 12.1 Å². The quantitative estimate of drug-likeness (QED) is 0.395. The van der Waals surface area contributed by atoms with Crippen molar-refractivity contribution in [2.45, 2.75) is 56.5 Å². The minimum absolute atomic E-state index is 0.0542. The Bertz CT molecular complexity index is 1150. The van der Waals surface area contributed by atoms with Gasteiger partial charge in [0.25, 0.3) is 0 Å². The van der Waals surface area contributed by atoms with Gasteiger partial charge in [0, 0.05) is 25.1 Å². The lowest BCUT2D eigenvalue weighted by Gasteiger charge is -2.37. The molecule has 13 heteroatoms. The van der Waals surface area contributed by atoms with Crippen molar-refractivity contribution in [3.05, 3.63) is 52.4 Å². The number of benzene rings is 1. The number of aromatic nitrogens is 2. The summed E-state index contributed by atoms with van der Waals surface area (Å²) in [6, 6.07) is -1.35. The van der Waals surface area contributed by atoms with Crippen LogP contribution in [0.3, 0.4) is 0 Å². The number of nitrogens with zero attached hydrogens (tertiary/aromatic N) is 3. The smallest absolute Gasteiger partial charge is 0.449 e. The highest BCUT2D eigenvalue weighted by atomic mass is 19.4. The molecule has 2 aliphatic heterocycles. The molecule has 1 fully saturated rings. The van der Waals surface area contributed by atoms with E-state index in [0.29, 0.717) is 25.0 Å². The lowest BCUT2D eigenvalue weighted by molar-refractivity contribution is -0.148. The number of rotatable bonds is 5. The molecule has 7 nitrogen and oxygen atoms in total. The Morgan fingerprint density at radius 2 is 1.85 bits per heavy atom. The maximum Gasteiger partial charge on any atom is 0.449 e. The van der Waals surface area contributed by atoms with Gasteiger partial charge in [-0.05, 0) is 30.9 Å². The number of carbonyl (C=O) groups excluding carboxylic acids is 2. The van der Waals surface area contributed by atoms with E-state index in [4.69, 9.17) is 5.73 Å². The van der Waals surface area contributed by atoms with Gasteiger partial charge in [0.2, 0.25) is 11.7 Å². The van der Waals surface area contributed by atoms with Crippen molar-refractivity contribution in [2.24, 2.45) is 5.73 Å². The lowest BCUT2D eigenvalue weighted by Crippen LogP contribution is -2.46. The number of ether oxygens (including phenoxy) is 1. The first kappa shape index (κ1) is 24.0. The number of alkyl halides is 3. The van der Waals surface area contributed by atoms with E-state index in [1.54, 1.807) is 0 Å². The van der Waals surface area contributed by atoms with Gasteiger partial charge in [0.15, 0.2) is 17.3 Å². The maximum absolute atomic E-state index is 13.9. The fraction of sp³-hybridized carbons (Fsp3) is 0.476. The van der Waals surface area contributed by atoms with Crippen LogP contribution in [-0.2, 0) is 28.7 Å². The number of methoxy groups -OCH3 is 1. The number of carbonyl (C=O) groups is 2. The minimum atomic E-state index is -4.82. The highest BCUT2D eigenvalue weighted by Crippen LogP contribution is 2.45. The van der Waals surface area contributed by atoms with Crippen LogP contribution in [0.2, 0.25) is 0 Å². The first-order valence-electron chi connectivity index (χ1n) is 10.4. The van der Waals surface area contributed by atoms with E-state index in [-0.39, 0.29) is 30.6 Å². The van der Waals surface area contributed by atoms with Crippen molar-refractivity contribution in [1.29, 1.82) is 0 Å². The van der Waals surface area contributed by atoms with Crippen LogP contribution in [0.1, 0.15) is 52.9 Å². The van der Waals surface area contributed by atoms with Crippen LogP contribution in [0.4, 0.5) is 26.3 Å². The highest BCUT2D eigenvalue weighted by molar-refractivity contribution is 5.89. The number of halogens is 6. The Balaban J connectivity index is 1.58. The first-order chi connectivity index (χ1) is 15.9. The zero-order valence-corrected chi connectivity index (χ0v) is 17.8. The van der Waals surface area contributed by atoms with Gasteiger partial charge in [-0.25, -0.2) is 22.9 Å². The molecule has 0 saturated carbocycles. The fourth-order valence-corrected chi connectivity index (χ4v) is 4.77. The zero-order chi connectivity index (χ0) is 24.9. The molecule has 3 heterocycles. The Morgan fingerprint density at radius 3 is 2.50 bits per heavy atom. The van der Waals surface area contributed by atoms with Gasteiger partial charge in [-0.15, -0.1) is 0 Å². The summed E-state index contributed by atoms with van der Waals surface area (Å²) < 4.78 is 86.6. The summed E-state index contributed by atoms with van der Waals surface area (Å²) in [6.45, 7) is -0.219. The van der Waals surface area contributed by atoms with Gasteiger partial charge in [0.05, 0.1) is 24.9 Å². The van der Waals surface area contributed by atoms with Crippen molar-refractivity contribution in [2.75, 3.05) is 7.11 Å². The molecule has 1 aromatic carbocycles. The molecular formula is C21H20F6N4O3. The summed E-state index contributed by atoms with van der Waals surface area (Å²) in [4.78, 5) is 30.1. The predicted molar refractivity (Wildman–Crippen MR) is 104 cm³/mol. The fourth-order valence-electron chi connectivity index (χ4n) is 4.77. The predicted octanol–water partition coefficient (Wildman–Crippen LogP) is 3.11. The lowest BCUT2D eigenvalue weighted by atomic mass is 10.0. The summed E-state index contributed by atoms with van der Waals surface area (Å²) in [7, 11) is 1.01. The van der Waals surface area contributed by atoms with Gasteiger partial charge in [-0.1, -0.05) is 0 Å². The number of nitrogens with two attached hydrogens (primary N) is 1. The van der Waals surface area contributed by atoms with Gasteiger partial charge < -0.3 is 19.9 Å². The zero-order valence-electron chi connectivity index (χ0n) is 17.8. The van der Waals surface area contributed by atoms with Gasteiger partial charge in [-0.3, -0.25) is 4.79 Å². The number of esters is 1. The Kier molecular flexibility index (Phi) is 6.08. The van der Waals surface area contributed by atoms with Crippen molar-refractivity contribution in [3.8, 4) is 0 Å². The molecule has 3 atom stereocenters. The third-order valence-electron chi connectivity index (χ3n) is 6.15. The van der Waals surface area contributed by atoms with E-state index in [9.17, 15) is 35.9 Å². The van der Waals surface area contributed by atoms with Crippen LogP contribution in [0.5, 0.6) is 0 Å². The molecular weight excluding hydrogens is 470 g/mol. The summed E-state index contributed by atoms with van der Waals surface area (Å²) >= 11 is 0. The van der Waals surface area contributed by atoms with Crippen molar-refractivity contribution >= 4 is 11.9 Å². The van der Waals surface area contributed by atoms with Gasteiger partial charge in [-0.2, -0.15) is 13.2 Å². The van der Waals surface area contributed by atoms with Crippen molar-refractivity contribution < 1.29 is 40.7 Å². The average molecular weight is 490 g/mol. The largest absolute Gasteiger partial charge is 0.464 e. The number of fused-ring (bicyclic) bond motifs is 4. The van der Waals surface area contributed by atoms with Crippen molar-refractivity contribution in [1.82, 2.24) is 14.5 Å². The second kappa shape index (κ2) is 8.60. The summed E-state index contributed by atoms with van der Waals surface area (Å²) in [5.74, 6) is -6.43. The molecule has 4 rings (SSSR count). The first-order valence-corrected chi connectivity index (χ1v) is 10.4. The SMILES string of the molecule is COC(=O)c1nc(C(F)(F)F)n2c1[C@@H]1CC[C@@H](C2)N1C(=O)C[C@H](N)Cc1cc(F)c(F)cc1F. The minimum Gasteiger partial charge on any atom is -0.464 e. The number of hydrogen-bond donors (Lipinski definition) is 1. The second-order valence-electron chi connectivity index (χ2n) is 8.34. The molecule has 0 radical (unpaired) electrons. The third-order valence-corrected chi connectivity index (χ3v) is 6.15. The number of imidazole rings is 1. The molecule has 184 valence electrons. The average Bonchev–Trinajstić information content (AvgIpc) is 3.29. The molecule has 34 heavy (non-hydrogen) atoms. The summed E-state index contributed by atoms with van der Waals surface area (Å²) in [5.41, 5.74) is 5.20.